The average Bonchev–Trinajstić information content (AvgIpc) is 3.26. The minimum atomic E-state index is -3.14. The summed E-state index contributed by atoms with van der Waals surface area (Å²) < 4.78 is 30.8. The van der Waals surface area contributed by atoms with Crippen molar-refractivity contribution in [2.24, 2.45) is 17.8 Å². The summed E-state index contributed by atoms with van der Waals surface area (Å²) in [5.74, 6) is 3.52. The highest BCUT2D eigenvalue weighted by atomic mass is 32.2. The van der Waals surface area contributed by atoms with Gasteiger partial charge < -0.3 is 9.64 Å². The minimum absolute atomic E-state index is 0.406. The van der Waals surface area contributed by atoms with Crippen LogP contribution in [0.3, 0.4) is 0 Å². The molecule has 1 saturated heterocycles. The molecule has 0 radical (unpaired) electrons. The molecule has 5 rings (SSSR count). The Balaban J connectivity index is 1.10. The number of anilines is 1. The van der Waals surface area contributed by atoms with Crippen molar-refractivity contribution in [2.75, 3.05) is 43.9 Å². The first-order valence-electron chi connectivity index (χ1n) is 11.2. The highest BCUT2D eigenvalue weighted by molar-refractivity contribution is 7.88. The smallest absolute Gasteiger partial charge is 0.225 e. The van der Waals surface area contributed by atoms with Gasteiger partial charge in [0.25, 0.3) is 0 Å². The second kappa shape index (κ2) is 8.44. The molecule has 2 aliphatic heterocycles. The maximum atomic E-state index is 11.6. The van der Waals surface area contributed by atoms with Crippen molar-refractivity contribution < 1.29 is 13.2 Å². The van der Waals surface area contributed by atoms with Gasteiger partial charge in [-0.2, -0.15) is 4.31 Å². The summed E-state index contributed by atoms with van der Waals surface area (Å²) >= 11 is 0. The van der Waals surface area contributed by atoms with E-state index in [1.54, 1.807) is 6.20 Å². The quantitative estimate of drug-likeness (QED) is 0.633. The standard InChI is InChI=1S/C23H29N5O3S/c1-3-16-10-25-23(26-11-16)27-13-19-20(14-27)21(19)15-31-18-4-5-22(24-12-18)17-6-8-28(9-7-17)32(2,29)30/h4-6,10-12,19-21H,3,7-9,13-15H2,1-2H3/t19-,20?,21-/m1/s1. The van der Waals surface area contributed by atoms with Crippen LogP contribution in [-0.4, -0.2) is 66.7 Å². The van der Waals surface area contributed by atoms with Gasteiger partial charge in [-0.05, 0) is 47.9 Å². The first-order valence-corrected chi connectivity index (χ1v) is 13.1. The Morgan fingerprint density at radius 3 is 2.41 bits per heavy atom. The monoisotopic (exact) mass is 455 g/mol. The fraction of sp³-hybridized carbons (Fsp3) is 0.522. The molecule has 2 aromatic heterocycles. The number of nitrogens with zero attached hydrogens (tertiary/aromatic N) is 5. The van der Waals surface area contributed by atoms with E-state index in [9.17, 15) is 8.42 Å². The van der Waals surface area contributed by atoms with Crippen LogP contribution < -0.4 is 9.64 Å². The maximum absolute atomic E-state index is 11.6. The molecule has 2 fully saturated rings. The van der Waals surface area contributed by atoms with Gasteiger partial charge in [-0.15, -0.1) is 0 Å². The van der Waals surface area contributed by atoms with Crippen molar-refractivity contribution >= 4 is 21.5 Å². The summed E-state index contributed by atoms with van der Waals surface area (Å²) in [6.45, 7) is 5.73. The fourth-order valence-electron chi connectivity index (χ4n) is 4.79. The highest BCUT2D eigenvalue weighted by Gasteiger charge is 2.56. The van der Waals surface area contributed by atoms with Gasteiger partial charge in [-0.3, -0.25) is 4.98 Å². The van der Waals surface area contributed by atoms with Crippen LogP contribution >= 0.6 is 0 Å². The average molecular weight is 456 g/mol. The second-order valence-corrected chi connectivity index (χ2v) is 10.9. The topological polar surface area (TPSA) is 88.5 Å². The van der Waals surface area contributed by atoms with Gasteiger partial charge in [0.05, 0.1) is 24.8 Å². The van der Waals surface area contributed by atoms with Crippen molar-refractivity contribution in [3.05, 3.63) is 48.1 Å². The molecule has 170 valence electrons. The van der Waals surface area contributed by atoms with Crippen LogP contribution in [-0.2, 0) is 16.4 Å². The Labute approximate surface area is 189 Å². The lowest BCUT2D eigenvalue weighted by atomic mass is 10.1. The zero-order valence-corrected chi connectivity index (χ0v) is 19.3. The van der Waals surface area contributed by atoms with E-state index in [0.717, 1.165) is 42.5 Å². The lowest BCUT2D eigenvalue weighted by molar-refractivity contribution is 0.282. The predicted molar refractivity (Wildman–Crippen MR) is 123 cm³/mol. The molecular weight excluding hydrogens is 426 g/mol. The third kappa shape index (κ3) is 4.36. The van der Waals surface area contributed by atoms with Crippen molar-refractivity contribution in [2.45, 2.75) is 19.8 Å². The first kappa shape index (κ1) is 21.3. The van der Waals surface area contributed by atoms with E-state index in [1.165, 1.54) is 16.1 Å². The molecule has 1 saturated carbocycles. The largest absolute Gasteiger partial charge is 0.492 e. The normalized spacial score (nSPS) is 25.4. The van der Waals surface area contributed by atoms with Gasteiger partial charge in [-0.25, -0.2) is 18.4 Å². The van der Waals surface area contributed by atoms with Crippen LogP contribution in [0.1, 0.15) is 24.6 Å². The summed E-state index contributed by atoms with van der Waals surface area (Å²) in [4.78, 5) is 15.8. The van der Waals surface area contributed by atoms with Crippen LogP contribution in [0.5, 0.6) is 5.75 Å². The van der Waals surface area contributed by atoms with Crippen LogP contribution in [0, 0.1) is 17.8 Å². The molecule has 2 aromatic rings. The van der Waals surface area contributed by atoms with Gasteiger partial charge in [0.2, 0.25) is 16.0 Å². The molecule has 9 heteroatoms. The number of fused-ring (bicyclic) bond motifs is 1. The Morgan fingerprint density at radius 1 is 1.09 bits per heavy atom. The summed E-state index contributed by atoms with van der Waals surface area (Å²) in [6.07, 6.45) is 10.5. The number of aromatic nitrogens is 3. The predicted octanol–water partition coefficient (Wildman–Crippen LogP) is 2.24. The molecular formula is C23H29N5O3S. The molecule has 0 spiro atoms. The number of hydrogen-bond donors (Lipinski definition) is 0. The van der Waals surface area contributed by atoms with Crippen LogP contribution in [0.25, 0.3) is 5.57 Å². The third-order valence-electron chi connectivity index (χ3n) is 6.90. The molecule has 32 heavy (non-hydrogen) atoms. The molecule has 1 unspecified atom stereocenters. The Bertz CT molecular complexity index is 1090. The van der Waals surface area contributed by atoms with E-state index in [1.807, 2.05) is 30.6 Å². The summed E-state index contributed by atoms with van der Waals surface area (Å²) in [6, 6.07) is 3.92. The molecule has 3 aliphatic rings. The Kier molecular flexibility index (Phi) is 5.63. The van der Waals surface area contributed by atoms with E-state index < -0.39 is 10.0 Å². The second-order valence-electron chi connectivity index (χ2n) is 8.93. The number of sulfonamides is 1. The van der Waals surface area contributed by atoms with Crippen molar-refractivity contribution in [1.82, 2.24) is 19.3 Å². The number of hydrogen-bond acceptors (Lipinski definition) is 7. The minimum Gasteiger partial charge on any atom is -0.492 e. The summed E-state index contributed by atoms with van der Waals surface area (Å²) in [7, 11) is -3.14. The summed E-state index contributed by atoms with van der Waals surface area (Å²) in [5.41, 5.74) is 3.14. The molecule has 0 amide bonds. The van der Waals surface area contributed by atoms with Gasteiger partial charge >= 0.3 is 0 Å². The van der Waals surface area contributed by atoms with Gasteiger partial charge in [0.1, 0.15) is 5.75 Å². The number of piperidine rings is 1. The van der Waals surface area contributed by atoms with Crippen molar-refractivity contribution in [1.29, 1.82) is 0 Å². The van der Waals surface area contributed by atoms with Crippen LogP contribution in [0.15, 0.2) is 36.8 Å². The zero-order chi connectivity index (χ0) is 22.3. The fourth-order valence-corrected chi connectivity index (χ4v) is 5.55. The Morgan fingerprint density at radius 2 is 1.84 bits per heavy atom. The highest BCUT2D eigenvalue weighted by Crippen LogP contribution is 2.52. The number of rotatable bonds is 7. The molecule has 3 atom stereocenters. The van der Waals surface area contributed by atoms with Crippen LogP contribution in [0.2, 0.25) is 0 Å². The van der Waals surface area contributed by atoms with Gasteiger partial charge in [0, 0.05) is 44.5 Å². The molecule has 0 aromatic carbocycles. The van der Waals surface area contributed by atoms with E-state index in [0.29, 0.717) is 43.9 Å². The molecule has 8 nitrogen and oxygen atoms in total. The van der Waals surface area contributed by atoms with Crippen molar-refractivity contribution in [3.8, 4) is 5.75 Å². The van der Waals surface area contributed by atoms with Gasteiger partial charge in [-0.1, -0.05) is 13.0 Å². The zero-order valence-electron chi connectivity index (χ0n) is 18.5. The van der Waals surface area contributed by atoms with E-state index in [4.69, 9.17) is 4.74 Å². The number of ether oxygens (including phenoxy) is 1. The lowest BCUT2D eigenvalue weighted by Crippen LogP contribution is -2.33. The number of pyridine rings is 1. The molecule has 1 aliphatic carbocycles. The SMILES string of the molecule is CCc1cnc(N2CC3[C@@H](C2)[C@H]3COc2ccc(C3=CCN(S(C)(=O)=O)CC3)nc2)nc1. The Hall–Kier alpha value is -2.52. The van der Waals surface area contributed by atoms with Crippen molar-refractivity contribution in [3.63, 3.8) is 0 Å². The van der Waals surface area contributed by atoms with E-state index in [-0.39, 0.29) is 0 Å². The lowest BCUT2D eigenvalue weighted by Gasteiger charge is -2.23. The molecule has 4 heterocycles. The third-order valence-corrected chi connectivity index (χ3v) is 8.17. The van der Waals surface area contributed by atoms with Crippen LogP contribution in [0.4, 0.5) is 5.95 Å². The number of aryl methyl sites for hydroxylation is 1. The molecule has 0 bridgehead atoms. The maximum Gasteiger partial charge on any atom is 0.225 e. The van der Waals surface area contributed by atoms with E-state index >= 15 is 0 Å². The van der Waals surface area contributed by atoms with E-state index in [2.05, 4.69) is 26.8 Å². The first-order chi connectivity index (χ1) is 15.4. The van der Waals surface area contributed by atoms with Gasteiger partial charge in [0.15, 0.2) is 0 Å². The molecule has 0 N–H and O–H groups in total. The summed E-state index contributed by atoms with van der Waals surface area (Å²) in [5, 5.41) is 0.